The smallest absolute Gasteiger partial charge is 0.171 e. The van der Waals surface area contributed by atoms with Crippen molar-refractivity contribution in [3.63, 3.8) is 0 Å². The zero-order valence-electron chi connectivity index (χ0n) is 9.67. The number of phenolic OH excluding ortho intramolecular Hbond substituents is 1. The lowest BCUT2D eigenvalue weighted by Crippen LogP contribution is -2.38. The van der Waals surface area contributed by atoms with Crippen molar-refractivity contribution in [1.29, 1.82) is 0 Å². The van der Waals surface area contributed by atoms with E-state index in [1.165, 1.54) is 6.07 Å². The molecule has 1 fully saturated rings. The molecule has 1 N–H and O–H groups in total. The van der Waals surface area contributed by atoms with Gasteiger partial charge in [-0.1, -0.05) is 24.3 Å². The molecule has 2 bridgehead atoms. The van der Waals surface area contributed by atoms with Crippen molar-refractivity contribution in [3.05, 3.63) is 41.5 Å². The number of carbonyl (C=O) groups excluding carboxylic acids is 2. The zero-order chi connectivity index (χ0) is 12.4. The maximum absolute atomic E-state index is 12.5. The molecule has 3 nitrogen and oxygen atoms in total. The molecule has 0 aromatic heterocycles. The van der Waals surface area contributed by atoms with Gasteiger partial charge in [0.15, 0.2) is 11.6 Å². The minimum Gasteiger partial charge on any atom is -0.507 e. The van der Waals surface area contributed by atoms with Gasteiger partial charge in [0.25, 0.3) is 0 Å². The second kappa shape index (κ2) is 3.10. The van der Waals surface area contributed by atoms with Crippen molar-refractivity contribution in [2.75, 3.05) is 0 Å². The molecular weight excluding hydrogens is 228 g/mol. The van der Waals surface area contributed by atoms with E-state index in [1.54, 1.807) is 12.1 Å². The lowest BCUT2D eigenvalue weighted by Gasteiger charge is -2.31. The van der Waals surface area contributed by atoms with Gasteiger partial charge in [-0.25, -0.2) is 0 Å². The summed E-state index contributed by atoms with van der Waals surface area (Å²) in [6.07, 6.45) is 5.04. The van der Waals surface area contributed by atoms with Crippen molar-refractivity contribution in [3.8, 4) is 5.75 Å². The quantitative estimate of drug-likeness (QED) is 0.707. The molecule has 4 atom stereocenters. The van der Waals surface area contributed by atoms with E-state index in [0.29, 0.717) is 5.56 Å². The number of aromatic hydroxyl groups is 1. The third kappa shape index (κ3) is 1.00. The van der Waals surface area contributed by atoms with Gasteiger partial charge in [0, 0.05) is 17.4 Å². The summed E-state index contributed by atoms with van der Waals surface area (Å²) in [5, 5.41) is 9.84. The van der Waals surface area contributed by atoms with E-state index >= 15 is 0 Å². The molecule has 18 heavy (non-hydrogen) atoms. The first-order valence-corrected chi connectivity index (χ1v) is 6.27. The maximum Gasteiger partial charge on any atom is 0.171 e. The van der Waals surface area contributed by atoms with Crippen LogP contribution >= 0.6 is 0 Å². The lowest BCUT2D eigenvalue weighted by atomic mass is 9.69. The highest BCUT2D eigenvalue weighted by Gasteiger charge is 2.55. The fraction of sp³-hybridized carbons (Fsp3) is 0.333. The van der Waals surface area contributed by atoms with Crippen molar-refractivity contribution >= 4 is 11.6 Å². The molecule has 0 unspecified atom stereocenters. The van der Waals surface area contributed by atoms with Gasteiger partial charge in [-0.2, -0.15) is 0 Å². The summed E-state index contributed by atoms with van der Waals surface area (Å²) in [7, 11) is 0. The number of phenols is 1. The van der Waals surface area contributed by atoms with Crippen molar-refractivity contribution in [2.45, 2.75) is 6.42 Å². The molecule has 3 heteroatoms. The van der Waals surface area contributed by atoms with E-state index in [4.69, 9.17) is 0 Å². The first-order chi connectivity index (χ1) is 8.68. The first-order valence-electron chi connectivity index (χ1n) is 6.27. The maximum atomic E-state index is 12.5. The molecule has 1 aromatic carbocycles. The molecule has 3 aliphatic rings. The van der Waals surface area contributed by atoms with Gasteiger partial charge in [0.1, 0.15) is 5.75 Å². The second-order valence-corrected chi connectivity index (χ2v) is 5.43. The molecule has 0 spiro atoms. The van der Waals surface area contributed by atoms with E-state index in [1.807, 2.05) is 0 Å². The van der Waals surface area contributed by atoms with Crippen LogP contribution in [-0.4, -0.2) is 16.7 Å². The molecule has 0 saturated heterocycles. The van der Waals surface area contributed by atoms with Crippen LogP contribution < -0.4 is 0 Å². The van der Waals surface area contributed by atoms with Crippen LogP contribution in [0.2, 0.25) is 0 Å². The standard InChI is InChI=1S/C15H12O3/c16-10-3-1-2-9-13(10)15(18)12-8-5-4-7(6-8)11(12)14(9)17/h1-5,7-8,11-12,16H,6H2/t7-,8+,11+,12-/m0/s1. The van der Waals surface area contributed by atoms with Crippen LogP contribution in [-0.2, 0) is 0 Å². The summed E-state index contributed by atoms with van der Waals surface area (Å²) < 4.78 is 0. The number of hydrogen-bond acceptors (Lipinski definition) is 3. The summed E-state index contributed by atoms with van der Waals surface area (Å²) >= 11 is 0. The van der Waals surface area contributed by atoms with Crippen LogP contribution in [0.1, 0.15) is 27.1 Å². The fourth-order valence-corrected chi connectivity index (χ4v) is 3.89. The lowest BCUT2D eigenvalue weighted by molar-refractivity contribution is 0.0718. The normalized spacial score (nSPS) is 35.8. The number of ketones is 2. The summed E-state index contributed by atoms with van der Waals surface area (Å²) in [5.41, 5.74) is 0.645. The largest absolute Gasteiger partial charge is 0.507 e. The van der Waals surface area contributed by atoms with Crippen LogP contribution in [0.4, 0.5) is 0 Å². The molecule has 0 radical (unpaired) electrons. The van der Waals surface area contributed by atoms with E-state index in [9.17, 15) is 14.7 Å². The summed E-state index contributed by atoms with van der Waals surface area (Å²) in [6.45, 7) is 0. The second-order valence-electron chi connectivity index (χ2n) is 5.43. The van der Waals surface area contributed by atoms with Gasteiger partial charge < -0.3 is 5.11 Å². The molecule has 90 valence electrons. The van der Waals surface area contributed by atoms with Gasteiger partial charge in [-0.05, 0) is 24.3 Å². The zero-order valence-corrected chi connectivity index (χ0v) is 9.67. The third-order valence-corrected chi connectivity index (χ3v) is 4.62. The van der Waals surface area contributed by atoms with Crippen LogP contribution in [0.15, 0.2) is 30.4 Å². The van der Waals surface area contributed by atoms with Crippen molar-refractivity contribution in [1.82, 2.24) is 0 Å². The van der Waals surface area contributed by atoms with Crippen LogP contribution in [0.5, 0.6) is 5.75 Å². The molecule has 1 saturated carbocycles. The average Bonchev–Trinajstić information content (AvgIpc) is 2.96. The molecule has 0 heterocycles. The Bertz CT molecular complexity index is 614. The Morgan fingerprint density at radius 3 is 2.39 bits per heavy atom. The predicted molar refractivity (Wildman–Crippen MR) is 64.5 cm³/mol. The highest BCUT2D eigenvalue weighted by atomic mass is 16.3. The number of allylic oxidation sites excluding steroid dienone is 2. The highest BCUT2D eigenvalue weighted by Crippen LogP contribution is 2.53. The third-order valence-electron chi connectivity index (χ3n) is 4.62. The van der Waals surface area contributed by atoms with Gasteiger partial charge >= 0.3 is 0 Å². The van der Waals surface area contributed by atoms with Crippen LogP contribution in [0.3, 0.4) is 0 Å². The number of fused-ring (bicyclic) bond motifs is 6. The van der Waals surface area contributed by atoms with Gasteiger partial charge in [0.2, 0.25) is 0 Å². The SMILES string of the molecule is O=C1c2c(O)cccc2C(=O)[C@H]2[C@@H]1[C@@H]1C=C[C@H]2C1. The average molecular weight is 240 g/mol. The Hall–Kier alpha value is -1.90. The molecule has 4 rings (SSSR count). The number of benzene rings is 1. The number of hydrogen-bond donors (Lipinski definition) is 1. The van der Waals surface area contributed by atoms with Crippen molar-refractivity contribution < 1.29 is 14.7 Å². The monoisotopic (exact) mass is 240 g/mol. The fourth-order valence-electron chi connectivity index (χ4n) is 3.89. The van der Waals surface area contributed by atoms with Crippen LogP contribution in [0, 0.1) is 23.7 Å². The van der Waals surface area contributed by atoms with E-state index in [2.05, 4.69) is 12.2 Å². The topological polar surface area (TPSA) is 54.4 Å². The van der Waals surface area contributed by atoms with Gasteiger partial charge in [-0.3, -0.25) is 9.59 Å². The summed E-state index contributed by atoms with van der Waals surface area (Å²) in [6, 6.07) is 4.76. The Morgan fingerprint density at radius 2 is 1.67 bits per heavy atom. The molecule has 3 aliphatic carbocycles. The number of rotatable bonds is 0. The summed E-state index contributed by atoms with van der Waals surface area (Å²) in [5.74, 6) is -0.116. The first kappa shape index (κ1) is 10.1. The van der Waals surface area contributed by atoms with E-state index in [0.717, 1.165) is 6.42 Å². The van der Waals surface area contributed by atoms with Crippen LogP contribution in [0.25, 0.3) is 0 Å². The summed E-state index contributed by atoms with van der Waals surface area (Å²) in [4.78, 5) is 25.0. The van der Waals surface area contributed by atoms with E-state index < -0.39 is 0 Å². The molecule has 1 aromatic rings. The minimum absolute atomic E-state index is 0.0300. The Morgan fingerprint density at radius 1 is 1.00 bits per heavy atom. The Balaban J connectivity index is 1.96. The Labute approximate surface area is 104 Å². The van der Waals surface area contributed by atoms with Gasteiger partial charge in [-0.15, -0.1) is 0 Å². The minimum atomic E-state index is -0.242. The van der Waals surface area contributed by atoms with Crippen molar-refractivity contribution in [2.24, 2.45) is 23.7 Å². The molecular formula is C15H12O3. The number of Topliss-reactive ketones (excluding diaryl/α,β-unsaturated/α-hetero) is 2. The predicted octanol–water partition coefficient (Wildman–Crippen LogP) is 2.21. The Kier molecular flexibility index (Phi) is 1.74. The number of carbonyl (C=O) groups is 2. The molecule has 0 amide bonds. The molecule has 0 aliphatic heterocycles. The van der Waals surface area contributed by atoms with E-state index in [-0.39, 0.29) is 46.6 Å². The highest BCUT2D eigenvalue weighted by molar-refractivity contribution is 6.18. The van der Waals surface area contributed by atoms with Gasteiger partial charge in [0.05, 0.1) is 5.56 Å².